The number of nitriles is 1. The van der Waals surface area contributed by atoms with Crippen LogP contribution in [-0.4, -0.2) is 49.3 Å². The van der Waals surface area contributed by atoms with Gasteiger partial charge in [-0.2, -0.15) is 5.26 Å². The van der Waals surface area contributed by atoms with Crippen molar-refractivity contribution in [3.05, 3.63) is 0 Å². The van der Waals surface area contributed by atoms with Crippen LogP contribution in [0.1, 0.15) is 39.5 Å². The second-order valence-corrected chi connectivity index (χ2v) is 6.43. The molecule has 2 fully saturated rings. The molecule has 1 N–H and O–H groups in total. The highest BCUT2D eigenvalue weighted by atomic mass is 16.5. The number of rotatable bonds is 9. The fourth-order valence-electron chi connectivity index (χ4n) is 2.57. The number of nitrogens with one attached hydrogen (secondary N) is 1. The molecule has 2 aliphatic rings. The topological polar surface area (TPSA) is 48.3 Å². The molecule has 0 aromatic heterocycles. The standard InChI is InChI=1S/C15H27N3O/c1-12(2)19-9-8-18(3)11-15(10-16,13-4-5-13)17-14-6-7-14/h12-14,17H,4-9,11H2,1-3H3. The zero-order valence-electron chi connectivity index (χ0n) is 12.5. The maximum absolute atomic E-state index is 9.66. The molecule has 19 heavy (non-hydrogen) atoms. The van der Waals surface area contributed by atoms with Gasteiger partial charge in [-0.05, 0) is 52.5 Å². The van der Waals surface area contributed by atoms with Crippen molar-refractivity contribution >= 4 is 0 Å². The van der Waals surface area contributed by atoms with Crippen molar-refractivity contribution in [2.75, 3.05) is 26.7 Å². The van der Waals surface area contributed by atoms with E-state index in [9.17, 15) is 5.26 Å². The van der Waals surface area contributed by atoms with Crippen LogP contribution in [0.25, 0.3) is 0 Å². The lowest BCUT2D eigenvalue weighted by Gasteiger charge is -2.32. The van der Waals surface area contributed by atoms with E-state index in [1.54, 1.807) is 0 Å². The lowest BCUT2D eigenvalue weighted by atomic mass is 9.94. The molecule has 0 heterocycles. The van der Waals surface area contributed by atoms with E-state index >= 15 is 0 Å². The molecule has 0 saturated heterocycles. The van der Waals surface area contributed by atoms with Gasteiger partial charge < -0.3 is 9.64 Å². The van der Waals surface area contributed by atoms with Crippen molar-refractivity contribution in [2.24, 2.45) is 5.92 Å². The third-order valence-electron chi connectivity index (χ3n) is 3.96. The van der Waals surface area contributed by atoms with E-state index in [1.807, 2.05) is 0 Å². The maximum atomic E-state index is 9.66. The molecule has 2 aliphatic carbocycles. The highest BCUT2D eigenvalue weighted by Gasteiger charge is 2.48. The van der Waals surface area contributed by atoms with Crippen molar-refractivity contribution in [3.63, 3.8) is 0 Å². The van der Waals surface area contributed by atoms with Crippen LogP contribution < -0.4 is 5.32 Å². The van der Waals surface area contributed by atoms with Gasteiger partial charge in [-0.25, -0.2) is 0 Å². The fraction of sp³-hybridized carbons (Fsp3) is 0.933. The minimum Gasteiger partial charge on any atom is -0.377 e. The summed E-state index contributed by atoms with van der Waals surface area (Å²) < 4.78 is 5.59. The Balaban J connectivity index is 1.82. The Kier molecular flexibility index (Phi) is 4.83. The first-order valence-electron chi connectivity index (χ1n) is 7.55. The smallest absolute Gasteiger partial charge is 0.122 e. The quantitative estimate of drug-likeness (QED) is 0.690. The Bertz CT molecular complexity index is 331. The average Bonchev–Trinajstić information content (AvgIpc) is 3.20. The van der Waals surface area contributed by atoms with Gasteiger partial charge in [0.1, 0.15) is 5.54 Å². The fourth-order valence-corrected chi connectivity index (χ4v) is 2.57. The minimum absolute atomic E-state index is 0.280. The predicted octanol–water partition coefficient (Wildman–Crippen LogP) is 1.77. The molecule has 0 bridgehead atoms. The van der Waals surface area contributed by atoms with Gasteiger partial charge in [-0.15, -0.1) is 0 Å². The average molecular weight is 265 g/mol. The van der Waals surface area contributed by atoms with Crippen LogP contribution in [-0.2, 0) is 4.74 Å². The molecule has 4 nitrogen and oxygen atoms in total. The first kappa shape index (κ1) is 14.8. The molecule has 0 aliphatic heterocycles. The summed E-state index contributed by atoms with van der Waals surface area (Å²) in [7, 11) is 2.09. The first-order chi connectivity index (χ1) is 9.05. The third kappa shape index (κ3) is 4.45. The Hall–Kier alpha value is -0.630. The molecule has 0 amide bonds. The highest BCUT2D eigenvalue weighted by molar-refractivity contribution is 5.18. The Morgan fingerprint density at radius 2 is 2.05 bits per heavy atom. The first-order valence-corrected chi connectivity index (χ1v) is 7.55. The number of nitrogens with zero attached hydrogens (tertiary/aromatic N) is 2. The van der Waals surface area contributed by atoms with Crippen LogP contribution in [0, 0.1) is 17.2 Å². The van der Waals surface area contributed by atoms with Crippen LogP contribution in [0.5, 0.6) is 0 Å². The van der Waals surface area contributed by atoms with Crippen molar-refractivity contribution in [2.45, 2.75) is 57.2 Å². The highest BCUT2D eigenvalue weighted by Crippen LogP contribution is 2.41. The molecule has 4 heteroatoms. The van der Waals surface area contributed by atoms with E-state index in [-0.39, 0.29) is 11.6 Å². The van der Waals surface area contributed by atoms with Gasteiger partial charge in [0, 0.05) is 19.1 Å². The van der Waals surface area contributed by atoms with Crippen molar-refractivity contribution in [1.29, 1.82) is 5.26 Å². The molecular formula is C15H27N3O. The molecule has 1 unspecified atom stereocenters. The van der Waals surface area contributed by atoms with Crippen LogP contribution in [0.15, 0.2) is 0 Å². The number of hydrogen-bond donors (Lipinski definition) is 1. The second-order valence-electron chi connectivity index (χ2n) is 6.43. The largest absolute Gasteiger partial charge is 0.377 e. The van der Waals surface area contributed by atoms with Crippen molar-refractivity contribution in [3.8, 4) is 6.07 Å². The summed E-state index contributed by atoms with van der Waals surface area (Å²) in [5.74, 6) is 0.548. The molecule has 0 aromatic rings. The van der Waals surface area contributed by atoms with Crippen LogP contribution in [0.3, 0.4) is 0 Å². The predicted molar refractivity (Wildman–Crippen MR) is 75.8 cm³/mol. The summed E-state index contributed by atoms with van der Waals surface area (Å²) in [5, 5.41) is 13.3. The van der Waals surface area contributed by atoms with E-state index in [0.29, 0.717) is 12.0 Å². The van der Waals surface area contributed by atoms with Gasteiger partial charge >= 0.3 is 0 Å². The Labute approximate surface area is 117 Å². The normalized spacial score (nSPS) is 22.5. The summed E-state index contributed by atoms with van der Waals surface area (Å²) >= 11 is 0. The van der Waals surface area contributed by atoms with Gasteiger partial charge in [-0.1, -0.05) is 0 Å². The Morgan fingerprint density at radius 1 is 1.37 bits per heavy atom. The van der Waals surface area contributed by atoms with Gasteiger partial charge in [0.05, 0.1) is 18.8 Å². The summed E-state index contributed by atoms with van der Waals surface area (Å²) in [4.78, 5) is 2.24. The molecule has 1 atom stereocenters. The van der Waals surface area contributed by atoms with Gasteiger partial charge in [-0.3, -0.25) is 5.32 Å². The van der Waals surface area contributed by atoms with Crippen LogP contribution >= 0.6 is 0 Å². The summed E-state index contributed by atoms with van der Waals surface area (Å²) in [6.07, 6.45) is 5.14. The number of ether oxygens (including phenoxy) is 1. The van der Waals surface area contributed by atoms with Gasteiger partial charge in [0.15, 0.2) is 0 Å². The second kappa shape index (κ2) is 6.21. The molecule has 0 aromatic carbocycles. The van der Waals surface area contributed by atoms with Gasteiger partial charge in [0.25, 0.3) is 0 Å². The maximum Gasteiger partial charge on any atom is 0.122 e. The van der Waals surface area contributed by atoms with Crippen molar-refractivity contribution < 1.29 is 4.74 Å². The molecule has 0 radical (unpaired) electrons. The van der Waals surface area contributed by atoms with E-state index in [2.05, 4.69) is 37.2 Å². The van der Waals surface area contributed by atoms with E-state index in [0.717, 1.165) is 19.7 Å². The number of hydrogen-bond acceptors (Lipinski definition) is 4. The van der Waals surface area contributed by atoms with Crippen molar-refractivity contribution in [1.82, 2.24) is 10.2 Å². The summed E-state index contributed by atoms with van der Waals surface area (Å²) in [6.45, 7) is 6.55. The number of likely N-dealkylation sites (N-methyl/N-ethyl adjacent to an activating group) is 1. The lowest BCUT2D eigenvalue weighted by Crippen LogP contribution is -2.55. The summed E-state index contributed by atoms with van der Waals surface area (Å²) in [6, 6.07) is 3.17. The third-order valence-corrected chi connectivity index (χ3v) is 3.96. The van der Waals surface area contributed by atoms with E-state index in [1.165, 1.54) is 25.7 Å². The van der Waals surface area contributed by atoms with Crippen LogP contribution in [0.4, 0.5) is 0 Å². The zero-order valence-corrected chi connectivity index (χ0v) is 12.5. The van der Waals surface area contributed by atoms with E-state index in [4.69, 9.17) is 4.74 Å². The molecule has 2 saturated carbocycles. The molecule has 0 spiro atoms. The zero-order chi connectivity index (χ0) is 13.9. The lowest BCUT2D eigenvalue weighted by molar-refractivity contribution is 0.0594. The molecular weight excluding hydrogens is 238 g/mol. The SMILES string of the molecule is CC(C)OCCN(C)CC(C#N)(NC1CC1)C1CC1. The molecule has 108 valence electrons. The van der Waals surface area contributed by atoms with E-state index < -0.39 is 0 Å². The minimum atomic E-state index is -0.326. The Morgan fingerprint density at radius 3 is 2.53 bits per heavy atom. The van der Waals surface area contributed by atoms with Gasteiger partial charge in [0.2, 0.25) is 0 Å². The monoisotopic (exact) mass is 265 g/mol. The van der Waals surface area contributed by atoms with Crippen LogP contribution in [0.2, 0.25) is 0 Å². The molecule has 2 rings (SSSR count). The summed E-state index contributed by atoms with van der Waals surface area (Å²) in [5.41, 5.74) is -0.326.